The number of aromatic nitrogens is 2. The molecule has 3 heteroatoms. The standard InChI is InChI=1S/C26H18N2O/c1-17-6-4-7-20(16-17)18-12-14-19(15-13-18)21-8-5-11-24-25(21)29-26-27-22-9-2-3-10-23(22)28(24)26/h2-16H,1H3. The Morgan fingerprint density at radius 1 is 0.690 bits per heavy atom. The SMILES string of the molecule is Cc1cccc(-c2ccc(-c3cccc4c3oc3nc5ccccc5n34)cc2)c1. The van der Waals surface area contributed by atoms with Crippen LogP contribution in [0.1, 0.15) is 5.56 Å². The Balaban J connectivity index is 1.51. The van der Waals surface area contributed by atoms with E-state index in [2.05, 4.69) is 89.1 Å². The molecule has 4 aromatic carbocycles. The van der Waals surface area contributed by atoms with Gasteiger partial charge in [-0.05, 0) is 41.8 Å². The lowest BCUT2D eigenvalue weighted by Gasteiger charge is -2.06. The first-order valence-corrected chi connectivity index (χ1v) is 9.74. The number of nitrogens with zero attached hydrogens (tertiary/aromatic N) is 2. The molecule has 0 aliphatic heterocycles. The topological polar surface area (TPSA) is 30.4 Å². The zero-order chi connectivity index (χ0) is 19.4. The molecule has 0 unspecified atom stereocenters. The summed E-state index contributed by atoms with van der Waals surface area (Å²) in [7, 11) is 0. The highest BCUT2D eigenvalue weighted by Crippen LogP contribution is 2.34. The van der Waals surface area contributed by atoms with Crippen LogP contribution in [0.3, 0.4) is 0 Å². The second-order valence-electron chi connectivity index (χ2n) is 7.42. The smallest absolute Gasteiger partial charge is 0.307 e. The van der Waals surface area contributed by atoms with E-state index in [4.69, 9.17) is 4.42 Å². The monoisotopic (exact) mass is 374 g/mol. The summed E-state index contributed by atoms with van der Waals surface area (Å²) in [4.78, 5) is 4.65. The van der Waals surface area contributed by atoms with Gasteiger partial charge in [-0.2, -0.15) is 4.98 Å². The van der Waals surface area contributed by atoms with Gasteiger partial charge in [0, 0.05) is 5.56 Å². The highest BCUT2D eigenvalue weighted by molar-refractivity contribution is 5.95. The van der Waals surface area contributed by atoms with E-state index in [1.165, 1.54) is 16.7 Å². The summed E-state index contributed by atoms with van der Waals surface area (Å²) < 4.78 is 8.30. The first-order valence-electron chi connectivity index (χ1n) is 9.74. The predicted octanol–water partition coefficient (Wildman–Crippen LogP) is 6.88. The minimum Gasteiger partial charge on any atom is -0.422 e. The Morgan fingerprint density at radius 3 is 2.31 bits per heavy atom. The van der Waals surface area contributed by atoms with E-state index in [1.807, 2.05) is 18.2 Å². The Morgan fingerprint density at radius 2 is 1.45 bits per heavy atom. The highest BCUT2D eigenvalue weighted by atomic mass is 16.4. The molecule has 0 atom stereocenters. The van der Waals surface area contributed by atoms with E-state index in [-0.39, 0.29) is 0 Å². The van der Waals surface area contributed by atoms with Crippen LogP contribution < -0.4 is 0 Å². The molecule has 0 radical (unpaired) electrons. The molecule has 6 aromatic rings. The van der Waals surface area contributed by atoms with Gasteiger partial charge in [0.05, 0.1) is 16.6 Å². The normalized spacial score (nSPS) is 11.6. The number of fused-ring (bicyclic) bond motifs is 5. The van der Waals surface area contributed by atoms with Crippen molar-refractivity contribution in [2.24, 2.45) is 0 Å². The molecule has 0 fully saturated rings. The number of benzene rings is 4. The second-order valence-corrected chi connectivity index (χ2v) is 7.42. The van der Waals surface area contributed by atoms with Gasteiger partial charge in [-0.3, -0.25) is 4.40 Å². The van der Waals surface area contributed by atoms with E-state index in [0.29, 0.717) is 5.84 Å². The lowest BCUT2D eigenvalue weighted by molar-refractivity contribution is 0.644. The van der Waals surface area contributed by atoms with Crippen molar-refractivity contribution in [1.29, 1.82) is 0 Å². The molecule has 0 N–H and O–H groups in total. The number of hydrogen-bond acceptors (Lipinski definition) is 2. The number of hydrogen-bond donors (Lipinski definition) is 0. The number of aryl methyl sites for hydroxylation is 1. The molecule has 2 aromatic heterocycles. The lowest BCUT2D eigenvalue weighted by Crippen LogP contribution is -1.84. The molecule has 0 bridgehead atoms. The third kappa shape index (κ3) is 2.48. The summed E-state index contributed by atoms with van der Waals surface area (Å²) in [5.74, 6) is 0.630. The quantitative estimate of drug-likeness (QED) is 0.331. The molecule has 0 aliphatic rings. The molecule has 0 saturated carbocycles. The number of oxazole rings is 1. The molecule has 0 saturated heterocycles. The van der Waals surface area contributed by atoms with Crippen molar-refractivity contribution in [3.8, 4) is 22.3 Å². The fourth-order valence-electron chi connectivity index (χ4n) is 4.10. The van der Waals surface area contributed by atoms with Crippen molar-refractivity contribution < 1.29 is 4.42 Å². The van der Waals surface area contributed by atoms with Crippen LogP contribution in [0.15, 0.2) is 95.4 Å². The first kappa shape index (κ1) is 16.1. The van der Waals surface area contributed by atoms with Gasteiger partial charge >= 0.3 is 5.84 Å². The van der Waals surface area contributed by atoms with Crippen LogP contribution >= 0.6 is 0 Å². The van der Waals surface area contributed by atoms with Crippen LogP contribution in [0.25, 0.3) is 50.2 Å². The fourth-order valence-corrected chi connectivity index (χ4v) is 4.10. The van der Waals surface area contributed by atoms with Crippen molar-refractivity contribution in [2.45, 2.75) is 6.92 Å². The van der Waals surface area contributed by atoms with Crippen LogP contribution in [0.4, 0.5) is 0 Å². The van der Waals surface area contributed by atoms with Gasteiger partial charge in [0.15, 0.2) is 5.58 Å². The van der Waals surface area contributed by atoms with E-state index in [1.54, 1.807) is 0 Å². The maximum absolute atomic E-state index is 6.21. The molecule has 2 heterocycles. The van der Waals surface area contributed by atoms with Crippen molar-refractivity contribution in [3.05, 3.63) is 96.6 Å². The Labute approximate surface area is 167 Å². The van der Waals surface area contributed by atoms with Crippen molar-refractivity contribution in [3.63, 3.8) is 0 Å². The number of para-hydroxylation sites is 3. The maximum Gasteiger partial charge on any atom is 0.307 e. The predicted molar refractivity (Wildman–Crippen MR) is 118 cm³/mol. The molecule has 6 rings (SSSR count). The number of imidazole rings is 1. The van der Waals surface area contributed by atoms with Crippen LogP contribution in [-0.2, 0) is 0 Å². The third-order valence-corrected chi connectivity index (χ3v) is 5.51. The van der Waals surface area contributed by atoms with Gasteiger partial charge in [-0.15, -0.1) is 0 Å². The Kier molecular flexibility index (Phi) is 3.38. The fraction of sp³-hybridized carbons (Fsp3) is 0.0385. The third-order valence-electron chi connectivity index (χ3n) is 5.51. The zero-order valence-corrected chi connectivity index (χ0v) is 16.0. The minimum absolute atomic E-state index is 0.630. The van der Waals surface area contributed by atoms with Crippen LogP contribution in [0, 0.1) is 6.92 Å². The highest BCUT2D eigenvalue weighted by Gasteiger charge is 2.15. The van der Waals surface area contributed by atoms with Crippen molar-refractivity contribution >= 4 is 28.0 Å². The lowest BCUT2D eigenvalue weighted by atomic mass is 9.99. The van der Waals surface area contributed by atoms with Gasteiger partial charge in [-0.1, -0.05) is 78.4 Å². The summed E-state index contributed by atoms with van der Waals surface area (Å²) in [5.41, 5.74) is 9.83. The van der Waals surface area contributed by atoms with Gasteiger partial charge in [0.2, 0.25) is 0 Å². The first-order chi connectivity index (χ1) is 14.3. The van der Waals surface area contributed by atoms with Gasteiger partial charge in [0.1, 0.15) is 0 Å². The van der Waals surface area contributed by atoms with E-state index < -0.39 is 0 Å². The molecule has 3 nitrogen and oxygen atoms in total. The zero-order valence-electron chi connectivity index (χ0n) is 16.0. The summed E-state index contributed by atoms with van der Waals surface area (Å²) in [6.45, 7) is 2.12. The van der Waals surface area contributed by atoms with E-state index in [9.17, 15) is 0 Å². The summed E-state index contributed by atoms with van der Waals surface area (Å²) in [5, 5.41) is 0. The Hall–Kier alpha value is -3.85. The summed E-state index contributed by atoms with van der Waals surface area (Å²) >= 11 is 0. The average molecular weight is 374 g/mol. The van der Waals surface area contributed by atoms with Crippen LogP contribution in [0.5, 0.6) is 0 Å². The van der Waals surface area contributed by atoms with Crippen molar-refractivity contribution in [1.82, 2.24) is 9.38 Å². The van der Waals surface area contributed by atoms with Gasteiger partial charge in [0.25, 0.3) is 0 Å². The molecular weight excluding hydrogens is 356 g/mol. The summed E-state index contributed by atoms with van der Waals surface area (Å²) in [6.07, 6.45) is 0. The number of rotatable bonds is 2. The molecule has 29 heavy (non-hydrogen) atoms. The molecular formula is C26H18N2O. The van der Waals surface area contributed by atoms with E-state index >= 15 is 0 Å². The maximum atomic E-state index is 6.21. The second kappa shape index (κ2) is 6.08. The van der Waals surface area contributed by atoms with Gasteiger partial charge in [-0.25, -0.2) is 0 Å². The molecule has 138 valence electrons. The van der Waals surface area contributed by atoms with E-state index in [0.717, 1.165) is 33.3 Å². The van der Waals surface area contributed by atoms with Crippen LogP contribution in [-0.4, -0.2) is 9.38 Å². The van der Waals surface area contributed by atoms with Crippen LogP contribution in [0.2, 0.25) is 0 Å². The van der Waals surface area contributed by atoms with Gasteiger partial charge < -0.3 is 4.42 Å². The molecule has 0 spiro atoms. The largest absolute Gasteiger partial charge is 0.422 e. The molecule has 0 amide bonds. The Bertz CT molecular complexity index is 1500. The summed E-state index contributed by atoms with van der Waals surface area (Å²) in [6, 6.07) is 31.6. The minimum atomic E-state index is 0.630. The molecule has 0 aliphatic carbocycles. The average Bonchev–Trinajstić information content (AvgIpc) is 3.30. The van der Waals surface area contributed by atoms with Crippen molar-refractivity contribution in [2.75, 3.05) is 0 Å².